The van der Waals surface area contributed by atoms with Gasteiger partial charge in [0.15, 0.2) is 0 Å². The van der Waals surface area contributed by atoms with Crippen molar-refractivity contribution < 1.29 is 9.90 Å². The molecular weight excluding hydrogens is 282 g/mol. The van der Waals surface area contributed by atoms with Crippen LogP contribution < -0.4 is 5.32 Å². The van der Waals surface area contributed by atoms with E-state index in [1.54, 1.807) is 6.07 Å². The smallest absolute Gasteiger partial charge is 0.251 e. The van der Waals surface area contributed by atoms with Crippen LogP contribution >= 0.6 is 15.9 Å². The van der Waals surface area contributed by atoms with Gasteiger partial charge in [-0.3, -0.25) is 4.79 Å². The molecule has 0 spiro atoms. The highest BCUT2D eigenvalue weighted by atomic mass is 79.9. The van der Waals surface area contributed by atoms with E-state index in [0.29, 0.717) is 5.56 Å². The summed E-state index contributed by atoms with van der Waals surface area (Å²) in [7, 11) is 0. The van der Waals surface area contributed by atoms with Crippen molar-refractivity contribution in [1.29, 1.82) is 0 Å². The molecule has 0 aliphatic rings. The first-order chi connectivity index (χ1) is 7.95. The molecule has 0 aliphatic carbocycles. The average molecular weight is 300 g/mol. The van der Waals surface area contributed by atoms with Gasteiger partial charge in [0.1, 0.15) is 0 Å². The summed E-state index contributed by atoms with van der Waals surface area (Å²) < 4.78 is 0.992. The summed E-state index contributed by atoms with van der Waals surface area (Å²) in [6.45, 7) is 5.81. The zero-order chi connectivity index (χ0) is 13.0. The van der Waals surface area contributed by atoms with E-state index >= 15 is 0 Å². The molecular formula is C13H18BrNO2. The third-order valence-electron chi connectivity index (χ3n) is 2.92. The highest BCUT2D eigenvalue weighted by Crippen LogP contribution is 2.17. The van der Waals surface area contributed by atoms with E-state index < -0.39 is 0 Å². The fraction of sp³-hybridized carbons (Fsp3) is 0.462. The summed E-state index contributed by atoms with van der Waals surface area (Å²) in [5, 5.41) is 11.9. The van der Waals surface area contributed by atoms with Crippen LogP contribution in [0.3, 0.4) is 0 Å². The molecule has 0 fully saturated rings. The minimum atomic E-state index is -0.103. The van der Waals surface area contributed by atoms with Gasteiger partial charge in [-0.25, -0.2) is 0 Å². The van der Waals surface area contributed by atoms with Crippen LogP contribution in [0.2, 0.25) is 0 Å². The van der Waals surface area contributed by atoms with Gasteiger partial charge in [0.2, 0.25) is 0 Å². The van der Waals surface area contributed by atoms with E-state index in [1.165, 1.54) is 0 Å². The molecule has 3 nitrogen and oxygen atoms in total. The van der Waals surface area contributed by atoms with E-state index in [-0.39, 0.29) is 24.5 Å². The summed E-state index contributed by atoms with van der Waals surface area (Å²) in [5.41, 5.74) is 1.67. The maximum Gasteiger partial charge on any atom is 0.251 e. The number of aliphatic hydroxyl groups excluding tert-OH is 1. The van der Waals surface area contributed by atoms with Crippen LogP contribution in [-0.4, -0.2) is 23.7 Å². The minimum absolute atomic E-state index is 0.0450. The van der Waals surface area contributed by atoms with Crippen LogP contribution in [0, 0.1) is 12.8 Å². The van der Waals surface area contributed by atoms with Gasteiger partial charge in [0, 0.05) is 22.7 Å². The monoisotopic (exact) mass is 299 g/mol. The number of hydrogen-bond donors (Lipinski definition) is 2. The number of nitrogens with one attached hydrogen (secondary N) is 1. The molecule has 1 aromatic rings. The Balaban J connectivity index is 2.73. The molecule has 2 unspecified atom stereocenters. The number of hydrogen-bond acceptors (Lipinski definition) is 2. The SMILES string of the molecule is Cc1cc(C(=O)NC(C)C(C)CO)ccc1Br. The minimum Gasteiger partial charge on any atom is -0.396 e. The second-order valence-electron chi connectivity index (χ2n) is 4.39. The average Bonchev–Trinajstić information content (AvgIpc) is 2.31. The largest absolute Gasteiger partial charge is 0.396 e. The summed E-state index contributed by atoms with van der Waals surface area (Å²) in [6, 6.07) is 5.44. The fourth-order valence-corrected chi connectivity index (χ4v) is 1.62. The first-order valence-corrected chi connectivity index (χ1v) is 6.43. The zero-order valence-electron chi connectivity index (χ0n) is 10.3. The van der Waals surface area contributed by atoms with Crippen molar-refractivity contribution in [2.45, 2.75) is 26.8 Å². The Bertz CT molecular complexity index is 406. The van der Waals surface area contributed by atoms with Gasteiger partial charge in [-0.15, -0.1) is 0 Å². The highest BCUT2D eigenvalue weighted by Gasteiger charge is 2.15. The van der Waals surface area contributed by atoms with Crippen LogP contribution in [0.25, 0.3) is 0 Å². The lowest BCUT2D eigenvalue weighted by Gasteiger charge is -2.19. The Labute approximate surface area is 110 Å². The number of aryl methyl sites for hydroxylation is 1. The third-order valence-corrected chi connectivity index (χ3v) is 3.81. The van der Waals surface area contributed by atoms with Gasteiger partial charge in [0.05, 0.1) is 0 Å². The molecule has 2 N–H and O–H groups in total. The zero-order valence-corrected chi connectivity index (χ0v) is 11.9. The van der Waals surface area contributed by atoms with Crippen molar-refractivity contribution in [1.82, 2.24) is 5.32 Å². The fourth-order valence-electron chi connectivity index (χ4n) is 1.38. The molecule has 0 aliphatic heterocycles. The number of halogens is 1. The molecule has 2 atom stereocenters. The van der Waals surface area contributed by atoms with Crippen molar-refractivity contribution in [3.8, 4) is 0 Å². The normalized spacial score (nSPS) is 14.2. The van der Waals surface area contributed by atoms with E-state index in [4.69, 9.17) is 5.11 Å². The lowest BCUT2D eigenvalue weighted by Crippen LogP contribution is -2.38. The molecule has 0 saturated carbocycles. The maximum absolute atomic E-state index is 11.9. The van der Waals surface area contributed by atoms with Gasteiger partial charge in [0.25, 0.3) is 5.91 Å². The summed E-state index contributed by atoms with van der Waals surface area (Å²) >= 11 is 3.40. The Morgan fingerprint density at radius 1 is 1.47 bits per heavy atom. The second-order valence-corrected chi connectivity index (χ2v) is 5.24. The second kappa shape index (κ2) is 6.17. The number of aliphatic hydroxyl groups is 1. The van der Waals surface area contributed by atoms with Gasteiger partial charge in [-0.2, -0.15) is 0 Å². The van der Waals surface area contributed by atoms with Crippen LogP contribution in [0.15, 0.2) is 22.7 Å². The number of benzene rings is 1. The van der Waals surface area contributed by atoms with E-state index in [1.807, 2.05) is 32.9 Å². The molecule has 1 rings (SSSR count). The van der Waals surface area contributed by atoms with Crippen molar-refractivity contribution in [2.75, 3.05) is 6.61 Å². The standard InChI is InChI=1S/C13H18BrNO2/c1-8-6-11(4-5-12(8)14)13(17)15-10(3)9(2)7-16/h4-6,9-10,16H,7H2,1-3H3,(H,15,17). The molecule has 1 aromatic carbocycles. The Kier molecular flexibility index (Phi) is 5.15. The van der Waals surface area contributed by atoms with E-state index in [2.05, 4.69) is 21.2 Å². The first-order valence-electron chi connectivity index (χ1n) is 5.63. The van der Waals surface area contributed by atoms with Gasteiger partial charge >= 0.3 is 0 Å². The quantitative estimate of drug-likeness (QED) is 0.897. The summed E-state index contributed by atoms with van der Waals surface area (Å²) in [4.78, 5) is 11.9. The van der Waals surface area contributed by atoms with E-state index in [9.17, 15) is 4.79 Å². The van der Waals surface area contributed by atoms with Crippen LogP contribution in [0.5, 0.6) is 0 Å². The molecule has 0 heterocycles. The molecule has 4 heteroatoms. The topological polar surface area (TPSA) is 49.3 Å². The number of rotatable bonds is 4. The van der Waals surface area contributed by atoms with Crippen molar-refractivity contribution >= 4 is 21.8 Å². The highest BCUT2D eigenvalue weighted by molar-refractivity contribution is 9.10. The Morgan fingerprint density at radius 3 is 2.65 bits per heavy atom. The van der Waals surface area contributed by atoms with Gasteiger partial charge in [-0.05, 0) is 43.5 Å². The molecule has 94 valence electrons. The summed E-state index contributed by atoms with van der Waals surface area (Å²) in [5.74, 6) is -0.0519. The molecule has 0 saturated heterocycles. The molecule has 1 amide bonds. The lowest BCUT2D eigenvalue weighted by atomic mass is 10.0. The van der Waals surface area contributed by atoms with Gasteiger partial charge in [-0.1, -0.05) is 22.9 Å². The number of carbonyl (C=O) groups is 1. The van der Waals surface area contributed by atoms with Crippen molar-refractivity contribution in [3.63, 3.8) is 0 Å². The van der Waals surface area contributed by atoms with E-state index in [0.717, 1.165) is 10.0 Å². The Hall–Kier alpha value is -0.870. The molecule has 17 heavy (non-hydrogen) atoms. The predicted molar refractivity (Wildman–Crippen MR) is 72.1 cm³/mol. The van der Waals surface area contributed by atoms with Gasteiger partial charge < -0.3 is 10.4 Å². The van der Waals surface area contributed by atoms with Crippen LogP contribution in [0.1, 0.15) is 29.8 Å². The van der Waals surface area contributed by atoms with Crippen LogP contribution in [0.4, 0.5) is 0 Å². The molecule has 0 radical (unpaired) electrons. The maximum atomic E-state index is 11.9. The van der Waals surface area contributed by atoms with Crippen molar-refractivity contribution in [2.24, 2.45) is 5.92 Å². The predicted octanol–water partition coefficient (Wildman–Crippen LogP) is 2.50. The summed E-state index contributed by atoms with van der Waals surface area (Å²) in [6.07, 6.45) is 0. The number of carbonyl (C=O) groups excluding carboxylic acids is 1. The van der Waals surface area contributed by atoms with Crippen molar-refractivity contribution in [3.05, 3.63) is 33.8 Å². The first kappa shape index (κ1) is 14.2. The molecule has 0 aromatic heterocycles. The third kappa shape index (κ3) is 3.82. The number of amides is 1. The van der Waals surface area contributed by atoms with Crippen LogP contribution in [-0.2, 0) is 0 Å². The Morgan fingerprint density at radius 2 is 2.12 bits per heavy atom. The molecule has 0 bridgehead atoms. The lowest BCUT2D eigenvalue weighted by molar-refractivity contribution is 0.0916.